The van der Waals surface area contributed by atoms with Crippen molar-refractivity contribution in [2.24, 2.45) is 0 Å². The molecule has 0 unspecified atom stereocenters. The topological polar surface area (TPSA) is 214 Å². The van der Waals surface area contributed by atoms with Crippen molar-refractivity contribution in [1.82, 2.24) is 0 Å². The van der Waals surface area contributed by atoms with E-state index in [1.54, 1.807) is 0 Å². The highest BCUT2D eigenvalue weighted by Gasteiger charge is 2.29. The monoisotopic (exact) mass is 294 g/mol. The Morgan fingerprint density at radius 1 is 1.20 bits per heavy atom. The standard InChI is InChI=1S/C6H12O6.C3H4O2.N3/c7-1-3(9)5(11)6(12)4(10)2-8;1-2-3(4)5;1-3-2/h1,3-6,8-12H,2H2;2H,1H2,(H,4,5);/q;;-1/t3-,4+,5+,6-;;/m0../s1. The lowest BCUT2D eigenvalue weighted by Crippen LogP contribution is -2.46. The first kappa shape index (κ1) is 23.1. The highest BCUT2D eigenvalue weighted by atomic mass is 16.4. The maximum absolute atomic E-state index is 9.90. The molecule has 0 rings (SSSR count). The average molecular weight is 294 g/mol. The van der Waals surface area contributed by atoms with Crippen molar-refractivity contribution in [2.45, 2.75) is 24.4 Å². The molecule has 0 aromatic carbocycles. The summed E-state index contributed by atoms with van der Waals surface area (Å²) in [6.07, 6.45) is -6.01. The van der Waals surface area contributed by atoms with E-state index in [4.69, 9.17) is 41.7 Å². The van der Waals surface area contributed by atoms with E-state index in [0.717, 1.165) is 6.08 Å². The van der Waals surface area contributed by atoms with E-state index in [1.165, 1.54) is 4.91 Å². The largest absolute Gasteiger partial charge is 0.478 e. The van der Waals surface area contributed by atoms with Crippen molar-refractivity contribution in [1.29, 1.82) is 0 Å². The third kappa shape index (κ3) is 14.1. The van der Waals surface area contributed by atoms with Crippen LogP contribution in [0.5, 0.6) is 0 Å². The van der Waals surface area contributed by atoms with Gasteiger partial charge < -0.3 is 46.5 Å². The molecule has 0 saturated carbocycles. The summed E-state index contributed by atoms with van der Waals surface area (Å²) in [6.45, 7) is 2.20. The van der Waals surface area contributed by atoms with Gasteiger partial charge in [-0.15, -0.1) is 0 Å². The van der Waals surface area contributed by atoms with Crippen molar-refractivity contribution >= 4 is 12.3 Å². The third-order valence-electron chi connectivity index (χ3n) is 1.60. The van der Waals surface area contributed by atoms with Crippen LogP contribution in [-0.2, 0) is 9.59 Å². The number of aliphatic carboxylic acids is 1. The lowest BCUT2D eigenvalue weighted by molar-refractivity contribution is -0.136. The molecule has 0 aliphatic carbocycles. The van der Waals surface area contributed by atoms with E-state index in [9.17, 15) is 9.59 Å². The zero-order valence-corrected chi connectivity index (χ0v) is 10.2. The normalized spacial score (nSPS) is 14.7. The van der Waals surface area contributed by atoms with Crippen molar-refractivity contribution in [2.75, 3.05) is 6.61 Å². The number of nitrogens with zero attached hydrogens (tertiary/aromatic N) is 3. The number of aldehydes is 1. The quantitative estimate of drug-likeness (QED) is 0.103. The second kappa shape index (κ2) is 15.0. The van der Waals surface area contributed by atoms with Crippen LogP contribution in [0.15, 0.2) is 12.7 Å². The van der Waals surface area contributed by atoms with Gasteiger partial charge in [0.05, 0.1) is 6.61 Å². The van der Waals surface area contributed by atoms with Crippen LogP contribution in [0.25, 0.3) is 16.0 Å². The van der Waals surface area contributed by atoms with Crippen LogP contribution in [0.1, 0.15) is 0 Å². The summed E-state index contributed by atoms with van der Waals surface area (Å²) in [6, 6.07) is 0. The summed E-state index contributed by atoms with van der Waals surface area (Å²) in [4.78, 5) is 20.6. The van der Waals surface area contributed by atoms with E-state index >= 15 is 0 Å². The SMILES string of the molecule is C=CC(=O)O.O=C[C@H](O)[C@@H](O)[C@@H](O)[C@H](O)CO.[N-]=[N+]=[N-]. The summed E-state index contributed by atoms with van der Waals surface area (Å²) in [5.41, 5.74) is 13.5. The Morgan fingerprint density at radius 3 is 1.75 bits per heavy atom. The zero-order valence-electron chi connectivity index (χ0n) is 10.2. The van der Waals surface area contributed by atoms with Crippen molar-refractivity contribution in [3.05, 3.63) is 28.6 Å². The van der Waals surface area contributed by atoms with Gasteiger partial charge in [-0.05, 0) is 0 Å². The first-order chi connectivity index (χ1) is 9.22. The molecule has 116 valence electrons. The number of rotatable bonds is 6. The number of hydrogen-bond acceptors (Lipinski definition) is 7. The number of aliphatic hydroxyl groups is 5. The molecule has 0 radical (unpaired) electrons. The minimum Gasteiger partial charge on any atom is -0.478 e. The molecule has 4 atom stereocenters. The van der Waals surface area contributed by atoms with Gasteiger partial charge >= 0.3 is 5.97 Å². The molecule has 0 amide bonds. The maximum atomic E-state index is 9.90. The van der Waals surface area contributed by atoms with Crippen LogP contribution in [0, 0.1) is 0 Å². The van der Waals surface area contributed by atoms with Gasteiger partial charge in [-0.3, -0.25) is 4.91 Å². The molecule has 20 heavy (non-hydrogen) atoms. The van der Waals surface area contributed by atoms with Crippen LogP contribution >= 0.6 is 0 Å². The van der Waals surface area contributed by atoms with Gasteiger partial charge in [-0.2, -0.15) is 0 Å². The van der Waals surface area contributed by atoms with Crippen molar-refractivity contribution < 1.29 is 40.2 Å². The fraction of sp³-hybridized carbons (Fsp3) is 0.556. The Hall–Kier alpha value is -2.01. The van der Waals surface area contributed by atoms with E-state index < -0.39 is 37.0 Å². The number of carboxylic acids is 1. The molecule has 6 N–H and O–H groups in total. The van der Waals surface area contributed by atoms with Crippen LogP contribution in [0.2, 0.25) is 0 Å². The molecule has 0 aliphatic rings. The number of carbonyl (C=O) groups is 2. The molecule has 0 saturated heterocycles. The van der Waals surface area contributed by atoms with Gasteiger partial charge in [0.2, 0.25) is 0 Å². The molecule has 0 aliphatic heterocycles. The van der Waals surface area contributed by atoms with Gasteiger partial charge in [-0.25, -0.2) is 4.79 Å². The smallest absolute Gasteiger partial charge is 0.327 e. The van der Waals surface area contributed by atoms with Crippen LogP contribution in [0.3, 0.4) is 0 Å². The zero-order chi connectivity index (χ0) is 16.7. The van der Waals surface area contributed by atoms with E-state index in [1.807, 2.05) is 0 Å². The molecule has 11 heteroatoms. The Morgan fingerprint density at radius 2 is 1.55 bits per heavy atom. The first-order valence-corrected chi connectivity index (χ1v) is 4.85. The fourth-order valence-corrected chi connectivity index (χ4v) is 0.618. The highest BCUT2D eigenvalue weighted by Crippen LogP contribution is 2.02. The number of carboxylic acid groups (broad SMARTS) is 1. The summed E-state index contributed by atoms with van der Waals surface area (Å²) in [5, 5.41) is 51.1. The summed E-state index contributed by atoms with van der Waals surface area (Å²) in [7, 11) is 0. The predicted octanol–water partition coefficient (Wildman–Crippen LogP) is -2.26. The fourth-order valence-electron chi connectivity index (χ4n) is 0.618. The lowest BCUT2D eigenvalue weighted by atomic mass is 10.0. The minimum atomic E-state index is -1.79. The van der Waals surface area contributed by atoms with E-state index in [0.29, 0.717) is 0 Å². The van der Waals surface area contributed by atoms with Crippen molar-refractivity contribution in [3.63, 3.8) is 0 Å². The molecule has 0 spiro atoms. The van der Waals surface area contributed by atoms with Crippen LogP contribution < -0.4 is 0 Å². The Labute approximate surface area is 113 Å². The van der Waals surface area contributed by atoms with Gasteiger partial charge in [0.25, 0.3) is 0 Å². The molecule has 0 aromatic heterocycles. The molecule has 0 aromatic rings. The maximum Gasteiger partial charge on any atom is 0.327 e. The Bertz CT molecular complexity index is 318. The van der Waals surface area contributed by atoms with Crippen LogP contribution in [-0.4, -0.2) is 73.9 Å². The Balaban J connectivity index is -0.000000299. The van der Waals surface area contributed by atoms with E-state index in [-0.39, 0.29) is 6.29 Å². The van der Waals surface area contributed by atoms with Gasteiger partial charge in [0, 0.05) is 6.08 Å². The van der Waals surface area contributed by atoms with Crippen LogP contribution in [0.4, 0.5) is 0 Å². The van der Waals surface area contributed by atoms with E-state index in [2.05, 4.69) is 6.58 Å². The molecule has 0 bridgehead atoms. The van der Waals surface area contributed by atoms with Crippen molar-refractivity contribution in [3.8, 4) is 0 Å². The number of aliphatic hydroxyl groups excluding tert-OH is 5. The molecular weight excluding hydrogens is 278 g/mol. The highest BCUT2D eigenvalue weighted by molar-refractivity contribution is 5.78. The predicted molar refractivity (Wildman–Crippen MR) is 65.1 cm³/mol. The lowest BCUT2D eigenvalue weighted by Gasteiger charge is -2.22. The second-order valence-electron chi connectivity index (χ2n) is 2.99. The third-order valence-corrected chi connectivity index (χ3v) is 1.60. The number of carbonyl (C=O) groups excluding carboxylic acids is 1. The molecule has 0 heterocycles. The summed E-state index contributed by atoms with van der Waals surface area (Å²) >= 11 is 0. The van der Waals surface area contributed by atoms with Gasteiger partial charge in [-0.1, -0.05) is 6.58 Å². The van der Waals surface area contributed by atoms with Gasteiger partial charge in [0.1, 0.15) is 24.4 Å². The molecular formula is C9H16N3O8-. The second-order valence-corrected chi connectivity index (χ2v) is 2.99. The average Bonchev–Trinajstić information content (AvgIpc) is 2.45. The van der Waals surface area contributed by atoms with Gasteiger partial charge in [0.15, 0.2) is 6.29 Å². The summed E-state index contributed by atoms with van der Waals surface area (Å²) < 4.78 is 0. The first-order valence-electron chi connectivity index (χ1n) is 4.85. The molecule has 0 fully saturated rings. The Kier molecular flexibility index (Phi) is 17.4. The summed E-state index contributed by atoms with van der Waals surface area (Å²) in [5.74, 6) is -0.981. The number of hydrogen-bond donors (Lipinski definition) is 6. The molecule has 11 nitrogen and oxygen atoms in total. The minimum absolute atomic E-state index is 0.0258.